The summed E-state index contributed by atoms with van der Waals surface area (Å²) in [4.78, 5) is 35.7. The van der Waals surface area contributed by atoms with Crippen LogP contribution in [0.5, 0.6) is 5.75 Å². The number of benzene rings is 1. The zero-order valence-electron chi connectivity index (χ0n) is 16.5. The number of ether oxygens (including phenoxy) is 1. The number of carbonyl (C=O) groups excluding carboxylic acids is 2. The molecular weight excluding hydrogens is 360 g/mol. The molecule has 7 heteroatoms. The first kappa shape index (κ1) is 19.9. The summed E-state index contributed by atoms with van der Waals surface area (Å²) in [6.45, 7) is 5.39. The summed E-state index contributed by atoms with van der Waals surface area (Å²) in [7, 11) is 0. The van der Waals surface area contributed by atoms with E-state index in [1.54, 1.807) is 19.1 Å². The van der Waals surface area contributed by atoms with Crippen LogP contribution in [0.3, 0.4) is 0 Å². The van der Waals surface area contributed by atoms with Crippen LogP contribution in [0.2, 0.25) is 0 Å². The molecule has 3 amide bonds. The van der Waals surface area contributed by atoms with Crippen molar-refractivity contribution in [1.29, 1.82) is 0 Å². The monoisotopic (exact) mass is 386 g/mol. The molecule has 0 bridgehead atoms. The summed E-state index contributed by atoms with van der Waals surface area (Å²) < 4.78 is 10.8. The molecule has 0 aliphatic heterocycles. The van der Waals surface area contributed by atoms with E-state index in [2.05, 4.69) is 17.6 Å². The molecule has 0 spiro atoms. The second kappa shape index (κ2) is 8.46. The topological polar surface area (TPSA) is 97.6 Å². The van der Waals surface area contributed by atoms with Crippen molar-refractivity contribution in [2.45, 2.75) is 52.5 Å². The van der Waals surface area contributed by atoms with Gasteiger partial charge in [-0.05, 0) is 50.3 Å². The van der Waals surface area contributed by atoms with Crippen LogP contribution in [-0.2, 0) is 4.79 Å². The SMILES string of the molecule is Cc1cc(=O)oc2c(C)c(OCC(=O)NC(=O)N[C@@H]3CCCC[C@@H]3C)ccc12. The van der Waals surface area contributed by atoms with Crippen molar-refractivity contribution in [3.8, 4) is 5.75 Å². The number of fused-ring (bicyclic) bond motifs is 1. The molecule has 1 aliphatic carbocycles. The summed E-state index contributed by atoms with van der Waals surface area (Å²) in [5.74, 6) is 0.299. The largest absolute Gasteiger partial charge is 0.483 e. The van der Waals surface area contributed by atoms with E-state index in [-0.39, 0.29) is 12.6 Å². The molecule has 3 rings (SSSR count). The predicted octanol–water partition coefficient (Wildman–Crippen LogP) is 3.19. The van der Waals surface area contributed by atoms with Gasteiger partial charge in [0.1, 0.15) is 11.3 Å². The molecule has 1 aliphatic rings. The Kier molecular flexibility index (Phi) is 6.02. The average molecular weight is 386 g/mol. The Morgan fingerprint density at radius 1 is 1.21 bits per heavy atom. The summed E-state index contributed by atoms with van der Waals surface area (Å²) in [5.41, 5.74) is 1.45. The second-order valence-corrected chi connectivity index (χ2v) is 7.49. The Balaban J connectivity index is 1.59. The molecule has 28 heavy (non-hydrogen) atoms. The van der Waals surface area contributed by atoms with Gasteiger partial charge in [0.2, 0.25) is 0 Å². The third-order valence-electron chi connectivity index (χ3n) is 5.36. The van der Waals surface area contributed by atoms with E-state index in [0.29, 0.717) is 22.8 Å². The molecule has 2 N–H and O–H groups in total. The van der Waals surface area contributed by atoms with Crippen LogP contribution < -0.4 is 21.0 Å². The second-order valence-electron chi connectivity index (χ2n) is 7.49. The number of hydrogen-bond donors (Lipinski definition) is 2. The highest BCUT2D eigenvalue weighted by Crippen LogP contribution is 2.28. The van der Waals surface area contributed by atoms with Crippen LogP contribution in [0, 0.1) is 19.8 Å². The van der Waals surface area contributed by atoms with Crippen LogP contribution in [0.4, 0.5) is 4.79 Å². The van der Waals surface area contributed by atoms with Crippen molar-refractivity contribution in [1.82, 2.24) is 10.6 Å². The number of amides is 3. The van der Waals surface area contributed by atoms with E-state index in [1.807, 2.05) is 6.92 Å². The standard InChI is InChI=1S/C21H26N2O5/c1-12-6-4-5-7-16(12)22-21(26)23-18(24)11-27-17-9-8-15-13(2)10-19(25)28-20(15)14(17)3/h8-10,12,16H,4-7,11H2,1-3H3,(H2,22,23,24,26)/t12-,16+/m0/s1. The van der Waals surface area contributed by atoms with Gasteiger partial charge in [0.15, 0.2) is 6.61 Å². The third kappa shape index (κ3) is 4.52. The molecule has 150 valence electrons. The average Bonchev–Trinajstić information content (AvgIpc) is 2.63. The normalized spacial score (nSPS) is 19.2. The maximum atomic E-state index is 12.1. The van der Waals surface area contributed by atoms with E-state index < -0.39 is 17.6 Å². The molecule has 7 nitrogen and oxygen atoms in total. The molecule has 2 atom stereocenters. The van der Waals surface area contributed by atoms with Crippen LogP contribution >= 0.6 is 0 Å². The van der Waals surface area contributed by atoms with Crippen molar-refractivity contribution in [3.63, 3.8) is 0 Å². The zero-order chi connectivity index (χ0) is 20.3. The number of rotatable bonds is 4. The van der Waals surface area contributed by atoms with Gasteiger partial charge in [0.25, 0.3) is 5.91 Å². The van der Waals surface area contributed by atoms with Gasteiger partial charge >= 0.3 is 11.7 Å². The molecule has 1 heterocycles. The first-order valence-corrected chi connectivity index (χ1v) is 9.62. The molecule has 0 radical (unpaired) electrons. The fraction of sp³-hybridized carbons (Fsp3) is 0.476. The lowest BCUT2D eigenvalue weighted by Gasteiger charge is -2.29. The van der Waals surface area contributed by atoms with Gasteiger partial charge in [-0.1, -0.05) is 19.8 Å². The molecular formula is C21H26N2O5. The number of aryl methyl sites for hydroxylation is 2. The zero-order valence-corrected chi connectivity index (χ0v) is 16.5. The number of urea groups is 1. The highest BCUT2D eigenvalue weighted by molar-refractivity contribution is 5.95. The van der Waals surface area contributed by atoms with E-state index >= 15 is 0 Å². The van der Waals surface area contributed by atoms with Gasteiger partial charge in [-0.25, -0.2) is 9.59 Å². The van der Waals surface area contributed by atoms with Gasteiger partial charge in [-0.3, -0.25) is 10.1 Å². The predicted molar refractivity (Wildman–Crippen MR) is 106 cm³/mol. The Labute approximate surface area is 163 Å². The van der Waals surface area contributed by atoms with Crippen molar-refractivity contribution in [2.75, 3.05) is 6.61 Å². The first-order chi connectivity index (χ1) is 13.3. The molecule has 0 unspecified atom stereocenters. The minimum absolute atomic E-state index is 0.0938. The number of carbonyl (C=O) groups is 2. The van der Waals surface area contributed by atoms with Crippen molar-refractivity contribution in [2.24, 2.45) is 5.92 Å². The minimum atomic E-state index is -0.536. The highest BCUT2D eigenvalue weighted by Gasteiger charge is 2.23. The van der Waals surface area contributed by atoms with Crippen LogP contribution in [0.25, 0.3) is 11.0 Å². The van der Waals surface area contributed by atoms with Gasteiger partial charge in [-0.15, -0.1) is 0 Å². The van der Waals surface area contributed by atoms with Crippen molar-refractivity contribution in [3.05, 3.63) is 39.7 Å². The number of hydrogen-bond acceptors (Lipinski definition) is 5. The summed E-state index contributed by atoms with van der Waals surface area (Å²) in [6, 6.07) is 4.54. The maximum Gasteiger partial charge on any atom is 0.336 e. The van der Waals surface area contributed by atoms with Gasteiger partial charge in [0, 0.05) is 23.1 Å². The van der Waals surface area contributed by atoms with Crippen LogP contribution in [0.1, 0.15) is 43.7 Å². The molecule has 1 aromatic carbocycles. The van der Waals surface area contributed by atoms with E-state index in [0.717, 1.165) is 30.2 Å². The van der Waals surface area contributed by atoms with Crippen LogP contribution in [0.15, 0.2) is 27.4 Å². The lowest BCUT2D eigenvalue weighted by Crippen LogP contribution is -2.48. The fourth-order valence-electron chi connectivity index (χ4n) is 3.70. The minimum Gasteiger partial charge on any atom is -0.483 e. The summed E-state index contributed by atoms with van der Waals surface area (Å²) >= 11 is 0. The highest BCUT2D eigenvalue weighted by atomic mass is 16.5. The quantitative estimate of drug-likeness (QED) is 0.787. The van der Waals surface area contributed by atoms with E-state index in [1.165, 1.54) is 12.5 Å². The molecule has 0 saturated heterocycles. The first-order valence-electron chi connectivity index (χ1n) is 9.62. The lowest BCUT2D eigenvalue weighted by molar-refractivity contribution is -0.122. The smallest absolute Gasteiger partial charge is 0.336 e. The lowest BCUT2D eigenvalue weighted by atomic mass is 9.86. The molecule has 1 aromatic heterocycles. The Morgan fingerprint density at radius 2 is 1.96 bits per heavy atom. The number of imide groups is 1. The Hall–Kier alpha value is -2.83. The van der Waals surface area contributed by atoms with Crippen molar-refractivity contribution >= 4 is 22.9 Å². The van der Waals surface area contributed by atoms with Crippen LogP contribution in [-0.4, -0.2) is 24.6 Å². The summed E-state index contributed by atoms with van der Waals surface area (Å²) in [5, 5.41) is 5.99. The number of nitrogens with one attached hydrogen (secondary N) is 2. The van der Waals surface area contributed by atoms with Gasteiger partial charge < -0.3 is 14.5 Å². The fourth-order valence-corrected chi connectivity index (χ4v) is 3.70. The molecule has 2 aromatic rings. The summed E-state index contributed by atoms with van der Waals surface area (Å²) in [6.07, 6.45) is 4.28. The van der Waals surface area contributed by atoms with Gasteiger partial charge in [0.05, 0.1) is 0 Å². The third-order valence-corrected chi connectivity index (χ3v) is 5.36. The Bertz CT molecular complexity index is 950. The molecule has 1 saturated carbocycles. The Morgan fingerprint density at radius 3 is 2.71 bits per heavy atom. The maximum absolute atomic E-state index is 12.1. The van der Waals surface area contributed by atoms with E-state index in [4.69, 9.17) is 9.15 Å². The van der Waals surface area contributed by atoms with Gasteiger partial charge in [-0.2, -0.15) is 0 Å². The molecule has 1 fully saturated rings. The van der Waals surface area contributed by atoms with Crippen molar-refractivity contribution < 1.29 is 18.7 Å². The van der Waals surface area contributed by atoms with E-state index in [9.17, 15) is 14.4 Å².